The van der Waals surface area contributed by atoms with E-state index < -0.39 is 0 Å². The molecule has 1 unspecified atom stereocenters. The van der Waals surface area contributed by atoms with Crippen molar-refractivity contribution >= 4 is 0 Å². The van der Waals surface area contributed by atoms with Crippen molar-refractivity contribution in [1.82, 2.24) is 0 Å². The van der Waals surface area contributed by atoms with Crippen LogP contribution in [0.25, 0.3) is 0 Å². The van der Waals surface area contributed by atoms with Crippen molar-refractivity contribution in [3.8, 4) is 0 Å². The first-order chi connectivity index (χ1) is 13.3. The fraction of sp³-hybridized carbons (Fsp3) is 1.00. The maximum Gasteiger partial charge on any atom is 0.0545 e. The molecule has 0 aromatic carbocycles. The maximum atomic E-state index is 10.5. The second-order valence-electron chi connectivity index (χ2n) is 12.6. The summed E-state index contributed by atoms with van der Waals surface area (Å²) < 4.78 is 0. The molecular formula is C27H48O. The van der Waals surface area contributed by atoms with Gasteiger partial charge in [-0.2, -0.15) is 0 Å². The minimum Gasteiger partial charge on any atom is -0.393 e. The minimum atomic E-state index is -0.0226. The molecule has 162 valence electrons. The van der Waals surface area contributed by atoms with E-state index in [9.17, 15) is 5.11 Å². The zero-order chi connectivity index (χ0) is 20.1. The van der Waals surface area contributed by atoms with Crippen molar-refractivity contribution in [2.24, 2.45) is 52.3 Å². The van der Waals surface area contributed by atoms with Crippen LogP contribution >= 0.6 is 0 Å². The Kier molecular flexibility index (Phi) is 5.98. The standard InChI is InChI=1S/C27H48O/c1-18(2)7-6-8-19(3)23-13-14-24-22-12-10-20-9-11-21(28)17-27(20,5)25(22)15-16-26(23,24)4/h18-25,28H,6-17H2,1-5H3/t19-,20-,21?,22-,23-,24-,25-,26+,27-/m0/s1. The summed E-state index contributed by atoms with van der Waals surface area (Å²) in [5.74, 6) is 6.46. The highest BCUT2D eigenvalue weighted by Gasteiger charge is 2.60. The van der Waals surface area contributed by atoms with Gasteiger partial charge in [-0.3, -0.25) is 0 Å². The van der Waals surface area contributed by atoms with Crippen molar-refractivity contribution in [3.63, 3.8) is 0 Å². The smallest absolute Gasteiger partial charge is 0.0545 e. The lowest BCUT2D eigenvalue weighted by molar-refractivity contribution is -0.132. The summed E-state index contributed by atoms with van der Waals surface area (Å²) in [7, 11) is 0. The monoisotopic (exact) mass is 388 g/mol. The van der Waals surface area contributed by atoms with E-state index in [1.807, 2.05) is 0 Å². The van der Waals surface area contributed by atoms with Crippen molar-refractivity contribution < 1.29 is 5.11 Å². The van der Waals surface area contributed by atoms with Gasteiger partial charge in [-0.05, 0) is 110 Å². The lowest BCUT2D eigenvalue weighted by atomic mass is 9.44. The van der Waals surface area contributed by atoms with Crippen molar-refractivity contribution in [2.75, 3.05) is 0 Å². The molecule has 0 spiro atoms. The van der Waals surface area contributed by atoms with Gasteiger partial charge < -0.3 is 5.11 Å². The van der Waals surface area contributed by atoms with Crippen molar-refractivity contribution in [1.29, 1.82) is 0 Å². The summed E-state index contributed by atoms with van der Waals surface area (Å²) in [6.07, 6.45) is 16.6. The van der Waals surface area contributed by atoms with E-state index >= 15 is 0 Å². The normalized spacial score (nSPS) is 49.4. The Hall–Kier alpha value is -0.0400. The Morgan fingerprint density at radius 1 is 0.821 bits per heavy atom. The Morgan fingerprint density at radius 3 is 2.29 bits per heavy atom. The molecule has 0 radical (unpaired) electrons. The molecule has 0 aromatic rings. The molecule has 0 amide bonds. The van der Waals surface area contributed by atoms with E-state index in [1.54, 1.807) is 0 Å². The molecular weight excluding hydrogens is 340 g/mol. The van der Waals surface area contributed by atoms with Crippen LogP contribution in [0.4, 0.5) is 0 Å². The highest BCUT2D eigenvalue weighted by Crippen LogP contribution is 2.68. The van der Waals surface area contributed by atoms with Gasteiger partial charge in [-0.25, -0.2) is 0 Å². The molecule has 0 aromatic heterocycles. The summed E-state index contributed by atoms with van der Waals surface area (Å²) in [6.45, 7) is 12.6. The topological polar surface area (TPSA) is 20.2 Å². The first-order valence-corrected chi connectivity index (χ1v) is 12.9. The number of hydrogen-bond donors (Lipinski definition) is 1. The second kappa shape index (κ2) is 7.90. The fourth-order valence-electron chi connectivity index (χ4n) is 9.35. The Morgan fingerprint density at radius 2 is 1.54 bits per heavy atom. The Bertz CT molecular complexity index is 540. The summed E-state index contributed by atoms with van der Waals surface area (Å²) >= 11 is 0. The third-order valence-corrected chi connectivity index (χ3v) is 10.8. The molecule has 4 fully saturated rings. The lowest BCUT2D eigenvalue weighted by Crippen LogP contribution is -2.54. The molecule has 1 N–H and O–H groups in total. The van der Waals surface area contributed by atoms with Crippen LogP contribution in [-0.2, 0) is 0 Å². The summed E-state index contributed by atoms with van der Waals surface area (Å²) in [6, 6.07) is 0. The highest BCUT2D eigenvalue weighted by molar-refractivity contribution is 5.09. The van der Waals surface area contributed by atoms with E-state index in [4.69, 9.17) is 0 Å². The number of aliphatic hydroxyl groups is 1. The van der Waals surface area contributed by atoms with E-state index in [1.165, 1.54) is 64.2 Å². The van der Waals surface area contributed by atoms with Gasteiger partial charge in [0, 0.05) is 0 Å². The molecule has 0 saturated heterocycles. The van der Waals surface area contributed by atoms with Crippen molar-refractivity contribution in [2.45, 2.75) is 118 Å². The maximum absolute atomic E-state index is 10.5. The quantitative estimate of drug-likeness (QED) is 0.518. The van der Waals surface area contributed by atoms with Gasteiger partial charge in [-0.1, -0.05) is 53.9 Å². The van der Waals surface area contributed by atoms with Gasteiger partial charge in [0.1, 0.15) is 0 Å². The number of rotatable bonds is 5. The predicted octanol–water partition coefficient (Wildman–Crippen LogP) is 7.47. The zero-order valence-electron chi connectivity index (χ0n) is 19.6. The molecule has 0 bridgehead atoms. The van der Waals surface area contributed by atoms with Crippen LogP contribution in [0.3, 0.4) is 0 Å². The van der Waals surface area contributed by atoms with E-state index in [0.717, 1.165) is 54.3 Å². The number of fused-ring (bicyclic) bond motifs is 5. The Labute approximate surface area is 175 Å². The summed E-state index contributed by atoms with van der Waals surface area (Å²) in [5.41, 5.74) is 1.04. The van der Waals surface area contributed by atoms with Crippen LogP contribution in [0.5, 0.6) is 0 Å². The molecule has 4 rings (SSSR count). The van der Waals surface area contributed by atoms with E-state index in [-0.39, 0.29) is 6.10 Å². The van der Waals surface area contributed by atoms with Crippen LogP contribution in [0.15, 0.2) is 0 Å². The van der Waals surface area contributed by atoms with Gasteiger partial charge in [0.15, 0.2) is 0 Å². The van der Waals surface area contributed by atoms with E-state index in [2.05, 4.69) is 34.6 Å². The van der Waals surface area contributed by atoms with Crippen LogP contribution in [0.2, 0.25) is 0 Å². The van der Waals surface area contributed by atoms with Crippen LogP contribution in [-0.4, -0.2) is 11.2 Å². The third kappa shape index (κ3) is 3.50. The fourth-order valence-corrected chi connectivity index (χ4v) is 9.35. The minimum absolute atomic E-state index is 0.0226. The molecule has 9 atom stereocenters. The van der Waals surface area contributed by atoms with Gasteiger partial charge in [0.2, 0.25) is 0 Å². The molecule has 1 nitrogen and oxygen atoms in total. The highest BCUT2D eigenvalue weighted by atomic mass is 16.3. The second-order valence-corrected chi connectivity index (χ2v) is 12.6. The van der Waals surface area contributed by atoms with Gasteiger partial charge in [0.05, 0.1) is 6.10 Å². The third-order valence-electron chi connectivity index (χ3n) is 10.8. The average Bonchev–Trinajstić information content (AvgIpc) is 2.98. The summed E-state index contributed by atoms with van der Waals surface area (Å²) in [4.78, 5) is 0. The van der Waals surface area contributed by atoms with Crippen molar-refractivity contribution in [3.05, 3.63) is 0 Å². The first-order valence-electron chi connectivity index (χ1n) is 12.9. The Balaban J connectivity index is 1.47. The molecule has 4 aliphatic carbocycles. The lowest BCUT2D eigenvalue weighted by Gasteiger charge is -2.61. The van der Waals surface area contributed by atoms with Gasteiger partial charge >= 0.3 is 0 Å². The molecule has 28 heavy (non-hydrogen) atoms. The molecule has 0 aliphatic heterocycles. The van der Waals surface area contributed by atoms with Crippen LogP contribution in [0.1, 0.15) is 112 Å². The first kappa shape index (κ1) is 21.2. The number of hydrogen-bond acceptors (Lipinski definition) is 1. The zero-order valence-corrected chi connectivity index (χ0v) is 19.6. The van der Waals surface area contributed by atoms with Gasteiger partial charge in [0.25, 0.3) is 0 Å². The largest absolute Gasteiger partial charge is 0.393 e. The molecule has 4 saturated carbocycles. The SMILES string of the molecule is CC(C)CCC[C@H](C)[C@@H]1CC[C@H]2[C@@H]3CC[C@@H]4CCC(O)C[C@]4(C)[C@H]3CC[C@@]21C. The number of aliphatic hydroxyl groups excluding tert-OH is 1. The summed E-state index contributed by atoms with van der Waals surface area (Å²) in [5, 5.41) is 10.5. The molecule has 0 heterocycles. The van der Waals surface area contributed by atoms with Crippen LogP contribution in [0, 0.1) is 52.3 Å². The average molecular weight is 389 g/mol. The van der Waals surface area contributed by atoms with Gasteiger partial charge in [-0.15, -0.1) is 0 Å². The van der Waals surface area contributed by atoms with Crippen LogP contribution < -0.4 is 0 Å². The van der Waals surface area contributed by atoms with E-state index in [0.29, 0.717) is 10.8 Å². The molecule has 4 aliphatic rings. The molecule has 1 heteroatoms. The predicted molar refractivity (Wildman–Crippen MR) is 119 cm³/mol.